The van der Waals surface area contributed by atoms with Crippen LogP contribution in [0.2, 0.25) is 0 Å². The molecule has 0 bridgehead atoms. The van der Waals surface area contributed by atoms with Crippen molar-refractivity contribution >= 4 is 17.1 Å². The van der Waals surface area contributed by atoms with Gasteiger partial charge in [0.25, 0.3) is 6.01 Å². The molecule has 1 aliphatic heterocycles. The van der Waals surface area contributed by atoms with Gasteiger partial charge in [0.05, 0.1) is 0 Å². The van der Waals surface area contributed by atoms with E-state index in [1.807, 2.05) is 24.3 Å². The highest BCUT2D eigenvalue weighted by molar-refractivity contribution is 5.74. The van der Waals surface area contributed by atoms with Gasteiger partial charge >= 0.3 is 0 Å². The lowest BCUT2D eigenvalue weighted by Crippen LogP contribution is -2.36. The summed E-state index contributed by atoms with van der Waals surface area (Å²) in [5.41, 5.74) is 7.49. The highest BCUT2D eigenvalue weighted by Crippen LogP contribution is 2.25. The van der Waals surface area contributed by atoms with E-state index in [2.05, 4.69) is 9.88 Å². The predicted molar refractivity (Wildman–Crippen MR) is 68.0 cm³/mol. The molecule has 1 aromatic carbocycles. The summed E-state index contributed by atoms with van der Waals surface area (Å²) in [6.07, 6.45) is 2.27. The standard InChI is InChI=1S/C13H17N3O/c14-9-10-5-7-16(8-6-10)13-15-11-3-1-2-4-12(11)17-13/h1-4,10H,5-9,14H2. The molecule has 0 radical (unpaired) electrons. The zero-order valence-corrected chi connectivity index (χ0v) is 9.80. The highest BCUT2D eigenvalue weighted by Gasteiger charge is 2.21. The molecule has 4 nitrogen and oxygen atoms in total. The van der Waals surface area contributed by atoms with Crippen molar-refractivity contribution in [2.24, 2.45) is 11.7 Å². The molecule has 1 saturated heterocycles. The Labute approximate surface area is 100 Å². The molecule has 0 unspecified atom stereocenters. The minimum atomic E-state index is 0.663. The van der Waals surface area contributed by atoms with Crippen molar-refractivity contribution in [3.8, 4) is 0 Å². The fraction of sp³-hybridized carbons (Fsp3) is 0.462. The molecule has 1 fully saturated rings. The predicted octanol–water partition coefficient (Wildman–Crippen LogP) is 2.00. The van der Waals surface area contributed by atoms with Gasteiger partial charge in [0.15, 0.2) is 5.58 Å². The summed E-state index contributed by atoms with van der Waals surface area (Å²) < 4.78 is 5.76. The second-order valence-corrected chi connectivity index (χ2v) is 4.63. The van der Waals surface area contributed by atoms with Gasteiger partial charge in [-0.2, -0.15) is 4.98 Å². The summed E-state index contributed by atoms with van der Waals surface area (Å²) >= 11 is 0. The summed E-state index contributed by atoms with van der Waals surface area (Å²) in [5.74, 6) is 0.663. The smallest absolute Gasteiger partial charge is 0.298 e. The van der Waals surface area contributed by atoms with Crippen molar-refractivity contribution in [1.82, 2.24) is 4.98 Å². The number of hydrogen-bond donors (Lipinski definition) is 1. The van der Waals surface area contributed by atoms with Crippen LogP contribution in [0.25, 0.3) is 11.1 Å². The fourth-order valence-corrected chi connectivity index (χ4v) is 2.36. The van der Waals surface area contributed by atoms with Crippen LogP contribution >= 0.6 is 0 Å². The molecule has 90 valence electrons. The number of oxazole rings is 1. The van der Waals surface area contributed by atoms with Crippen LogP contribution in [-0.2, 0) is 0 Å². The number of aromatic nitrogens is 1. The SMILES string of the molecule is NCC1CCN(c2nc3ccccc3o2)CC1. The van der Waals surface area contributed by atoms with Gasteiger partial charge in [-0.1, -0.05) is 12.1 Å². The Morgan fingerprint density at radius 2 is 2.06 bits per heavy atom. The molecule has 2 aromatic rings. The van der Waals surface area contributed by atoms with E-state index in [-0.39, 0.29) is 0 Å². The zero-order chi connectivity index (χ0) is 11.7. The first-order chi connectivity index (χ1) is 8.36. The average Bonchev–Trinajstić information content (AvgIpc) is 2.82. The normalized spacial score (nSPS) is 17.8. The van der Waals surface area contributed by atoms with Crippen LogP contribution in [0.15, 0.2) is 28.7 Å². The summed E-state index contributed by atoms with van der Waals surface area (Å²) in [7, 11) is 0. The van der Waals surface area contributed by atoms with Gasteiger partial charge in [-0.15, -0.1) is 0 Å². The van der Waals surface area contributed by atoms with E-state index in [4.69, 9.17) is 10.2 Å². The highest BCUT2D eigenvalue weighted by atomic mass is 16.4. The molecule has 0 atom stereocenters. The number of piperidine rings is 1. The van der Waals surface area contributed by atoms with Crippen LogP contribution in [-0.4, -0.2) is 24.6 Å². The van der Waals surface area contributed by atoms with Gasteiger partial charge in [0.2, 0.25) is 0 Å². The Morgan fingerprint density at radius 3 is 2.76 bits per heavy atom. The number of fused-ring (bicyclic) bond motifs is 1. The van der Waals surface area contributed by atoms with E-state index >= 15 is 0 Å². The summed E-state index contributed by atoms with van der Waals surface area (Å²) in [5, 5.41) is 0. The quantitative estimate of drug-likeness (QED) is 0.859. The van der Waals surface area contributed by atoms with Crippen LogP contribution in [0.1, 0.15) is 12.8 Å². The van der Waals surface area contributed by atoms with Gasteiger partial charge in [-0.3, -0.25) is 0 Å². The van der Waals surface area contributed by atoms with Crippen LogP contribution < -0.4 is 10.6 Å². The van der Waals surface area contributed by atoms with Gasteiger partial charge in [0.1, 0.15) is 5.52 Å². The van der Waals surface area contributed by atoms with Crippen molar-refractivity contribution in [2.75, 3.05) is 24.5 Å². The molecule has 2 N–H and O–H groups in total. The molecule has 4 heteroatoms. The first kappa shape index (κ1) is 10.6. The van der Waals surface area contributed by atoms with Gasteiger partial charge in [-0.05, 0) is 37.4 Å². The topological polar surface area (TPSA) is 55.3 Å². The second kappa shape index (κ2) is 4.37. The number of nitrogens with two attached hydrogens (primary N) is 1. The Bertz CT molecular complexity index is 467. The van der Waals surface area contributed by atoms with Crippen LogP contribution in [0, 0.1) is 5.92 Å². The molecule has 0 aliphatic carbocycles. The summed E-state index contributed by atoms with van der Waals surface area (Å²) in [6, 6.07) is 8.64. The molecule has 1 aromatic heterocycles. The monoisotopic (exact) mass is 231 g/mol. The lowest BCUT2D eigenvalue weighted by molar-refractivity contribution is 0.398. The minimum Gasteiger partial charge on any atom is -0.423 e. The lowest BCUT2D eigenvalue weighted by atomic mass is 9.97. The molecule has 2 heterocycles. The third-order valence-corrected chi connectivity index (χ3v) is 3.50. The van der Waals surface area contributed by atoms with Crippen LogP contribution in [0.5, 0.6) is 0 Å². The molecule has 3 rings (SSSR count). The first-order valence-electron chi connectivity index (χ1n) is 6.17. The third-order valence-electron chi connectivity index (χ3n) is 3.50. The number of rotatable bonds is 2. The Kier molecular flexibility index (Phi) is 2.73. The third kappa shape index (κ3) is 2.00. The minimum absolute atomic E-state index is 0.663. The van der Waals surface area contributed by atoms with Gasteiger partial charge in [0, 0.05) is 13.1 Å². The average molecular weight is 231 g/mol. The number of hydrogen-bond acceptors (Lipinski definition) is 4. The molecule has 0 saturated carbocycles. The van der Waals surface area contributed by atoms with Gasteiger partial charge in [-0.25, -0.2) is 0 Å². The molecule has 0 spiro atoms. The Morgan fingerprint density at radius 1 is 1.29 bits per heavy atom. The molecular weight excluding hydrogens is 214 g/mol. The van der Waals surface area contributed by atoms with E-state index in [0.29, 0.717) is 5.92 Å². The van der Waals surface area contributed by atoms with E-state index < -0.39 is 0 Å². The maximum atomic E-state index is 5.76. The molecule has 17 heavy (non-hydrogen) atoms. The fourth-order valence-electron chi connectivity index (χ4n) is 2.36. The number of anilines is 1. The van der Waals surface area contributed by atoms with E-state index in [1.54, 1.807) is 0 Å². The second-order valence-electron chi connectivity index (χ2n) is 4.63. The molecular formula is C13H17N3O. The summed E-state index contributed by atoms with van der Waals surface area (Å²) in [4.78, 5) is 6.73. The number of nitrogens with zero attached hydrogens (tertiary/aromatic N) is 2. The van der Waals surface area contributed by atoms with Crippen LogP contribution in [0.3, 0.4) is 0 Å². The van der Waals surface area contributed by atoms with Gasteiger partial charge < -0.3 is 15.1 Å². The maximum absolute atomic E-state index is 5.76. The van der Waals surface area contributed by atoms with Crippen molar-refractivity contribution in [3.05, 3.63) is 24.3 Å². The first-order valence-corrected chi connectivity index (χ1v) is 6.17. The van der Waals surface area contributed by atoms with Crippen molar-refractivity contribution in [2.45, 2.75) is 12.8 Å². The number of benzene rings is 1. The van der Waals surface area contributed by atoms with E-state index in [1.165, 1.54) is 0 Å². The largest absolute Gasteiger partial charge is 0.423 e. The zero-order valence-electron chi connectivity index (χ0n) is 9.80. The van der Waals surface area contributed by atoms with Crippen molar-refractivity contribution in [1.29, 1.82) is 0 Å². The van der Waals surface area contributed by atoms with E-state index in [0.717, 1.165) is 49.6 Å². The maximum Gasteiger partial charge on any atom is 0.298 e. The van der Waals surface area contributed by atoms with Crippen molar-refractivity contribution in [3.63, 3.8) is 0 Å². The van der Waals surface area contributed by atoms with Crippen LogP contribution in [0.4, 0.5) is 6.01 Å². The lowest BCUT2D eigenvalue weighted by Gasteiger charge is -2.29. The van der Waals surface area contributed by atoms with E-state index in [9.17, 15) is 0 Å². The summed E-state index contributed by atoms with van der Waals surface area (Å²) in [6.45, 7) is 2.78. The molecule has 1 aliphatic rings. The Hall–Kier alpha value is -1.55. The number of para-hydroxylation sites is 2. The Balaban J connectivity index is 1.80. The molecule has 0 amide bonds. The van der Waals surface area contributed by atoms with Crippen molar-refractivity contribution < 1.29 is 4.42 Å².